The fourth-order valence-electron chi connectivity index (χ4n) is 4.06. The lowest BCUT2D eigenvalue weighted by molar-refractivity contribution is -0.138. The number of hydrogen-bond donors (Lipinski definition) is 0. The van der Waals surface area contributed by atoms with Gasteiger partial charge in [-0.05, 0) is 48.8 Å². The van der Waals surface area contributed by atoms with Crippen molar-refractivity contribution in [1.29, 1.82) is 0 Å². The van der Waals surface area contributed by atoms with Gasteiger partial charge in [0.15, 0.2) is 0 Å². The molecule has 2 saturated carbocycles. The summed E-state index contributed by atoms with van der Waals surface area (Å²) in [5, 5.41) is 0.895. The number of rotatable bonds is 2. The summed E-state index contributed by atoms with van der Waals surface area (Å²) in [6.45, 7) is 0. The Morgan fingerprint density at radius 2 is 1.70 bits per heavy atom. The molecule has 3 nitrogen and oxygen atoms in total. The molecule has 2 aliphatic rings. The van der Waals surface area contributed by atoms with E-state index in [9.17, 15) is 9.59 Å². The summed E-state index contributed by atoms with van der Waals surface area (Å²) in [6, 6.07) is 4.97. The van der Waals surface area contributed by atoms with E-state index in [4.69, 9.17) is 27.9 Å². The number of ketones is 2. The van der Waals surface area contributed by atoms with Crippen LogP contribution >= 0.6 is 23.2 Å². The number of carbonyl (C=O) groups is 2. The SMILES string of the molecule is COC1CCC2(CC1)CC(=O)C(c1ccc(Cl)cc1Cl)C(=O)C2. The van der Waals surface area contributed by atoms with E-state index in [0.717, 1.165) is 25.7 Å². The van der Waals surface area contributed by atoms with Crippen LogP contribution in [0, 0.1) is 5.41 Å². The highest BCUT2D eigenvalue weighted by Gasteiger charge is 2.47. The summed E-state index contributed by atoms with van der Waals surface area (Å²) in [5.74, 6) is -0.756. The van der Waals surface area contributed by atoms with E-state index in [2.05, 4.69) is 0 Å². The molecule has 0 aromatic heterocycles. The van der Waals surface area contributed by atoms with Gasteiger partial charge in [-0.15, -0.1) is 0 Å². The molecule has 0 atom stereocenters. The van der Waals surface area contributed by atoms with Crippen molar-refractivity contribution < 1.29 is 14.3 Å². The molecule has 0 heterocycles. The molecule has 124 valence electrons. The second-order valence-corrected chi connectivity index (χ2v) is 7.66. The molecule has 3 rings (SSSR count). The predicted molar refractivity (Wildman–Crippen MR) is 90.1 cm³/mol. The highest BCUT2D eigenvalue weighted by Crippen LogP contribution is 2.49. The average Bonchev–Trinajstić information content (AvgIpc) is 2.49. The third-order valence-corrected chi connectivity index (χ3v) is 5.90. The van der Waals surface area contributed by atoms with E-state index < -0.39 is 5.92 Å². The third kappa shape index (κ3) is 3.33. The van der Waals surface area contributed by atoms with Crippen LogP contribution in [0.5, 0.6) is 0 Å². The van der Waals surface area contributed by atoms with Crippen LogP contribution in [0.1, 0.15) is 50.0 Å². The Labute approximate surface area is 146 Å². The van der Waals surface area contributed by atoms with Gasteiger partial charge in [0.05, 0.1) is 6.10 Å². The largest absolute Gasteiger partial charge is 0.381 e. The highest BCUT2D eigenvalue weighted by molar-refractivity contribution is 6.35. The van der Waals surface area contributed by atoms with Crippen LogP contribution in [0.15, 0.2) is 18.2 Å². The van der Waals surface area contributed by atoms with E-state index in [-0.39, 0.29) is 23.1 Å². The first-order chi connectivity index (χ1) is 10.9. The lowest BCUT2D eigenvalue weighted by Gasteiger charge is -2.43. The van der Waals surface area contributed by atoms with E-state index in [1.165, 1.54) is 0 Å². The van der Waals surface area contributed by atoms with Gasteiger partial charge in [-0.3, -0.25) is 9.59 Å². The summed E-state index contributed by atoms with van der Waals surface area (Å²) < 4.78 is 5.40. The van der Waals surface area contributed by atoms with Gasteiger partial charge in [0.2, 0.25) is 0 Å². The molecule has 23 heavy (non-hydrogen) atoms. The normalized spacial score (nSPS) is 31.6. The second-order valence-electron chi connectivity index (χ2n) is 6.82. The minimum atomic E-state index is -0.731. The third-order valence-electron chi connectivity index (χ3n) is 5.34. The first-order valence-electron chi connectivity index (χ1n) is 7.97. The average molecular weight is 355 g/mol. The van der Waals surface area contributed by atoms with Crippen LogP contribution in [0.4, 0.5) is 0 Å². The van der Waals surface area contributed by atoms with Crippen molar-refractivity contribution in [3.05, 3.63) is 33.8 Å². The molecular weight excluding hydrogens is 335 g/mol. The van der Waals surface area contributed by atoms with Crippen LogP contribution in [0.2, 0.25) is 10.0 Å². The van der Waals surface area contributed by atoms with Crippen molar-refractivity contribution in [2.75, 3.05) is 7.11 Å². The number of benzene rings is 1. The van der Waals surface area contributed by atoms with Gasteiger partial charge in [-0.1, -0.05) is 29.3 Å². The van der Waals surface area contributed by atoms with Gasteiger partial charge in [0.1, 0.15) is 17.5 Å². The monoisotopic (exact) mass is 354 g/mol. The quantitative estimate of drug-likeness (QED) is 0.729. The van der Waals surface area contributed by atoms with Gasteiger partial charge in [-0.2, -0.15) is 0 Å². The van der Waals surface area contributed by atoms with E-state index in [1.807, 2.05) is 0 Å². The van der Waals surface area contributed by atoms with Gasteiger partial charge >= 0.3 is 0 Å². The maximum atomic E-state index is 12.7. The van der Waals surface area contributed by atoms with Gasteiger partial charge in [0, 0.05) is 30.0 Å². The van der Waals surface area contributed by atoms with Crippen LogP contribution in [-0.4, -0.2) is 24.8 Å². The van der Waals surface area contributed by atoms with Crippen LogP contribution < -0.4 is 0 Å². The van der Waals surface area contributed by atoms with Crippen LogP contribution in [-0.2, 0) is 14.3 Å². The van der Waals surface area contributed by atoms with Gasteiger partial charge in [-0.25, -0.2) is 0 Å². The molecule has 0 N–H and O–H groups in total. The highest BCUT2D eigenvalue weighted by atomic mass is 35.5. The second kappa shape index (κ2) is 6.54. The maximum absolute atomic E-state index is 12.7. The van der Waals surface area contributed by atoms with Crippen LogP contribution in [0.25, 0.3) is 0 Å². The molecule has 5 heteroatoms. The molecule has 1 aromatic rings. The molecule has 0 saturated heterocycles. The van der Waals surface area contributed by atoms with E-state index >= 15 is 0 Å². The van der Waals surface area contributed by atoms with Crippen molar-refractivity contribution in [3.8, 4) is 0 Å². The van der Waals surface area contributed by atoms with Crippen molar-refractivity contribution in [2.24, 2.45) is 5.41 Å². The zero-order valence-electron chi connectivity index (χ0n) is 13.1. The molecule has 1 spiro atoms. The van der Waals surface area contributed by atoms with Gasteiger partial charge < -0.3 is 4.74 Å². The fraction of sp³-hybridized carbons (Fsp3) is 0.556. The topological polar surface area (TPSA) is 43.4 Å². The standard InChI is InChI=1S/C18H20Cl2O3/c1-23-12-4-6-18(7-5-12)9-15(21)17(16(22)10-18)13-3-2-11(19)8-14(13)20/h2-3,8,12,17H,4-7,9-10H2,1H3. The first-order valence-corrected chi connectivity index (χ1v) is 8.73. The molecule has 0 bridgehead atoms. The Kier molecular flexibility index (Phi) is 4.82. The zero-order chi connectivity index (χ0) is 16.6. The molecule has 1 aromatic carbocycles. The number of Topliss-reactive ketones (excluding diaryl/α,β-unsaturated/α-hetero) is 2. The number of halogens is 2. The van der Waals surface area contributed by atoms with E-state index in [0.29, 0.717) is 28.5 Å². The summed E-state index contributed by atoms with van der Waals surface area (Å²) in [4.78, 5) is 25.4. The van der Waals surface area contributed by atoms with Crippen molar-refractivity contribution >= 4 is 34.8 Å². The smallest absolute Gasteiger partial charge is 0.148 e. The molecule has 0 unspecified atom stereocenters. The Morgan fingerprint density at radius 3 is 2.22 bits per heavy atom. The summed E-state index contributed by atoms with van der Waals surface area (Å²) in [7, 11) is 1.72. The molecular formula is C18H20Cl2O3. The summed E-state index contributed by atoms with van der Waals surface area (Å²) in [6.07, 6.45) is 4.77. The number of hydrogen-bond acceptors (Lipinski definition) is 3. The first kappa shape index (κ1) is 16.9. The van der Waals surface area contributed by atoms with Crippen LogP contribution in [0.3, 0.4) is 0 Å². The molecule has 0 amide bonds. The van der Waals surface area contributed by atoms with Crippen molar-refractivity contribution in [3.63, 3.8) is 0 Å². The minimum Gasteiger partial charge on any atom is -0.381 e. The Bertz CT molecular complexity index is 613. The lowest BCUT2D eigenvalue weighted by atomic mass is 9.61. The minimum absolute atomic E-state index is 0.0126. The summed E-state index contributed by atoms with van der Waals surface area (Å²) >= 11 is 12.1. The fourth-order valence-corrected chi connectivity index (χ4v) is 4.58. The molecule has 2 aliphatic carbocycles. The predicted octanol–water partition coefficient (Wildman–Crippen LogP) is 4.58. The molecule has 0 aliphatic heterocycles. The Balaban J connectivity index is 1.81. The number of carbonyl (C=O) groups excluding carboxylic acids is 2. The molecule has 0 radical (unpaired) electrons. The Morgan fingerprint density at radius 1 is 1.09 bits per heavy atom. The summed E-state index contributed by atoms with van der Waals surface area (Å²) in [5.41, 5.74) is 0.421. The van der Waals surface area contributed by atoms with Crippen molar-refractivity contribution in [1.82, 2.24) is 0 Å². The Hall–Kier alpha value is -0.900. The zero-order valence-corrected chi connectivity index (χ0v) is 14.6. The van der Waals surface area contributed by atoms with Crippen molar-refractivity contribution in [2.45, 2.75) is 50.5 Å². The lowest BCUT2D eigenvalue weighted by Crippen LogP contribution is -2.42. The number of methoxy groups -OCH3 is 1. The van der Waals surface area contributed by atoms with E-state index in [1.54, 1.807) is 25.3 Å². The van der Waals surface area contributed by atoms with Gasteiger partial charge in [0.25, 0.3) is 0 Å². The number of ether oxygens (including phenoxy) is 1. The molecule has 2 fully saturated rings. The maximum Gasteiger partial charge on any atom is 0.148 e.